The minimum absolute atomic E-state index is 0.0451. The van der Waals surface area contributed by atoms with Crippen molar-refractivity contribution in [2.45, 2.75) is 25.5 Å². The number of nitrogens with zero attached hydrogens (tertiary/aromatic N) is 4. The van der Waals surface area contributed by atoms with Crippen LogP contribution in [-0.4, -0.2) is 70.3 Å². The van der Waals surface area contributed by atoms with Crippen molar-refractivity contribution in [1.82, 2.24) is 19.6 Å². The van der Waals surface area contributed by atoms with Crippen molar-refractivity contribution >= 4 is 34.4 Å². The van der Waals surface area contributed by atoms with Gasteiger partial charge >= 0.3 is 0 Å². The molecule has 0 spiro atoms. The molecule has 0 saturated carbocycles. The summed E-state index contributed by atoms with van der Waals surface area (Å²) in [6.07, 6.45) is 5.07. The van der Waals surface area contributed by atoms with E-state index in [1.54, 1.807) is 15.8 Å². The molecule has 1 atom stereocenters. The maximum absolute atomic E-state index is 12.3. The lowest BCUT2D eigenvalue weighted by atomic mass is 10.2. The summed E-state index contributed by atoms with van der Waals surface area (Å²) in [7, 11) is 0. The lowest BCUT2D eigenvalue weighted by Crippen LogP contribution is -2.53. The van der Waals surface area contributed by atoms with Gasteiger partial charge in [-0.1, -0.05) is 0 Å². The molecular formula is C14H19IN4O3. The molecule has 3 heterocycles. The zero-order chi connectivity index (χ0) is 15.5. The van der Waals surface area contributed by atoms with E-state index in [0.717, 1.165) is 16.4 Å². The Morgan fingerprint density at radius 2 is 2.00 bits per heavy atom. The molecule has 3 rings (SSSR count). The van der Waals surface area contributed by atoms with Crippen LogP contribution in [0.5, 0.6) is 0 Å². The van der Waals surface area contributed by atoms with E-state index in [4.69, 9.17) is 4.74 Å². The molecule has 0 aromatic carbocycles. The Labute approximate surface area is 142 Å². The normalized spacial score (nSPS) is 22.1. The van der Waals surface area contributed by atoms with Gasteiger partial charge in [0.05, 0.1) is 9.77 Å². The summed E-state index contributed by atoms with van der Waals surface area (Å²) in [5.41, 5.74) is 0. The fourth-order valence-electron chi connectivity index (χ4n) is 2.82. The second-order valence-electron chi connectivity index (χ2n) is 5.56. The number of hydrogen-bond acceptors (Lipinski definition) is 4. The van der Waals surface area contributed by atoms with Crippen LogP contribution in [0, 0.1) is 3.57 Å². The molecule has 0 radical (unpaired) electrons. The zero-order valence-corrected chi connectivity index (χ0v) is 14.4. The lowest BCUT2D eigenvalue weighted by Gasteiger charge is -2.35. The fourth-order valence-corrected chi connectivity index (χ4v) is 3.26. The molecule has 0 bridgehead atoms. The summed E-state index contributed by atoms with van der Waals surface area (Å²) in [6, 6.07) is 0. The molecule has 2 fully saturated rings. The highest BCUT2D eigenvalue weighted by Gasteiger charge is 2.31. The minimum atomic E-state index is -0.270. The standard InChI is InChI=1S/C14H19IN4O3/c15-11-8-16-19(9-11)10-13(20)17-3-5-18(6-4-17)14(21)12-2-1-7-22-12/h8-9,12H,1-7,10H2. The number of amides is 2. The van der Waals surface area contributed by atoms with Crippen LogP contribution in [0.4, 0.5) is 0 Å². The van der Waals surface area contributed by atoms with Crippen LogP contribution in [-0.2, 0) is 20.9 Å². The Morgan fingerprint density at radius 1 is 1.27 bits per heavy atom. The molecule has 2 saturated heterocycles. The van der Waals surface area contributed by atoms with E-state index in [1.165, 1.54) is 0 Å². The number of carbonyl (C=O) groups is 2. The smallest absolute Gasteiger partial charge is 0.251 e. The third kappa shape index (κ3) is 3.60. The van der Waals surface area contributed by atoms with Gasteiger partial charge in [-0.2, -0.15) is 5.10 Å². The lowest BCUT2D eigenvalue weighted by molar-refractivity contribution is -0.146. The fraction of sp³-hybridized carbons (Fsp3) is 0.643. The molecule has 0 N–H and O–H groups in total. The highest BCUT2D eigenvalue weighted by molar-refractivity contribution is 14.1. The molecule has 22 heavy (non-hydrogen) atoms. The maximum atomic E-state index is 12.3. The van der Waals surface area contributed by atoms with Gasteiger partial charge in [-0.15, -0.1) is 0 Å². The van der Waals surface area contributed by atoms with E-state index >= 15 is 0 Å². The van der Waals surface area contributed by atoms with E-state index in [9.17, 15) is 9.59 Å². The second-order valence-corrected chi connectivity index (χ2v) is 6.81. The first kappa shape index (κ1) is 15.7. The third-order valence-corrected chi connectivity index (χ3v) is 4.61. The van der Waals surface area contributed by atoms with Gasteiger partial charge in [0.1, 0.15) is 12.6 Å². The summed E-state index contributed by atoms with van der Waals surface area (Å²) in [6.45, 7) is 3.26. The predicted octanol–water partition coefficient (Wildman–Crippen LogP) is 0.337. The van der Waals surface area contributed by atoms with Crippen LogP contribution >= 0.6 is 22.6 Å². The number of piperazine rings is 1. The van der Waals surface area contributed by atoms with Gasteiger partial charge in [-0.25, -0.2) is 0 Å². The van der Waals surface area contributed by atoms with Crippen molar-refractivity contribution in [3.63, 3.8) is 0 Å². The topological polar surface area (TPSA) is 67.7 Å². The molecule has 2 amide bonds. The number of ether oxygens (including phenoxy) is 1. The van der Waals surface area contributed by atoms with Gasteiger partial charge in [-0.3, -0.25) is 14.3 Å². The Kier molecular flexibility index (Phi) is 4.97. The molecule has 7 nitrogen and oxygen atoms in total. The van der Waals surface area contributed by atoms with Gasteiger partial charge in [0, 0.05) is 39.0 Å². The Balaban J connectivity index is 1.48. The van der Waals surface area contributed by atoms with Crippen molar-refractivity contribution in [3.8, 4) is 0 Å². The average Bonchev–Trinajstić information content (AvgIpc) is 3.18. The molecule has 0 aliphatic carbocycles. The van der Waals surface area contributed by atoms with Crippen LogP contribution in [0.25, 0.3) is 0 Å². The first-order chi connectivity index (χ1) is 10.6. The van der Waals surface area contributed by atoms with Crippen LogP contribution in [0.15, 0.2) is 12.4 Å². The van der Waals surface area contributed by atoms with Crippen LogP contribution in [0.1, 0.15) is 12.8 Å². The van der Waals surface area contributed by atoms with Gasteiger partial charge in [0.25, 0.3) is 5.91 Å². The van der Waals surface area contributed by atoms with Crippen LogP contribution in [0.2, 0.25) is 0 Å². The van der Waals surface area contributed by atoms with Gasteiger partial charge in [-0.05, 0) is 35.4 Å². The van der Waals surface area contributed by atoms with Crippen molar-refractivity contribution in [3.05, 3.63) is 16.0 Å². The summed E-state index contributed by atoms with van der Waals surface area (Å²) < 4.78 is 8.10. The van der Waals surface area contributed by atoms with Crippen molar-refractivity contribution < 1.29 is 14.3 Å². The number of hydrogen-bond donors (Lipinski definition) is 0. The van der Waals surface area contributed by atoms with Gasteiger partial charge in [0.15, 0.2) is 0 Å². The number of carbonyl (C=O) groups excluding carboxylic acids is 2. The van der Waals surface area contributed by atoms with Gasteiger partial charge in [0.2, 0.25) is 5.91 Å². The minimum Gasteiger partial charge on any atom is -0.368 e. The Bertz CT molecular complexity index is 548. The molecule has 120 valence electrons. The van der Waals surface area contributed by atoms with Crippen molar-refractivity contribution in [2.24, 2.45) is 0 Å². The molecule has 2 aliphatic heterocycles. The molecule has 1 aromatic rings. The Hall–Kier alpha value is -1.16. The second kappa shape index (κ2) is 6.95. The van der Waals surface area contributed by atoms with E-state index in [-0.39, 0.29) is 24.5 Å². The molecule has 2 aliphatic rings. The largest absolute Gasteiger partial charge is 0.368 e. The average molecular weight is 418 g/mol. The zero-order valence-electron chi connectivity index (χ0n) is 12.3. The van der Waals surface area contributed by atoms with Crippen LogP contribution < -0.4 is 0 Å². The first-order valence-electron chi connectivity index (χ1n) is 7.49. The molecule has 1 unspecified atom stereocenters. The number of rotatable bonds is 3. The predicted molar refractivity (Wildman–Crippen MR) is 87.1 cm³/mol. The third-order valence-electron chi connectivity index (χ3n) is 4.05. The van der Waals surface area contributed by atoms with Crippen molar-refractivity contribution in [2.75, 3.05) is 32.8 Å². The van der Waals surface area contributed by atoms with Crippen LogP contribution in [0.3, 0.4) is 0 Å². The maximum Gasteiger partial charge on any atom is 0.251 e. The molecular weight excluding hydrogens is 399 g/mol. The first-order valence-corrected chi connectivity index (χ1v) is 8.57. The SMILES string of the molecule is O=C(Cn1cc(I)cn1)N1CCN(C(=O)C2CCCO2)CC1. The summed E-state index contributed by atoms with van der Waals surface area (Å²) in [5.74, 6) is 0.120. The van der Waals surface area contributed by atoms with E-state index < -0.39 is 0 Å². The molecule has 1 aromatic heterocycles. The van der Waals surface area contributed by atoms with E-state index in [1.807, 2.05) is 11.1 Å². The summed E-state index contributed by atoms with van der Waals surface area (Å²) in [5, 5.41) is 4.13. The van der Waals surface area contributed by atoms with E-state index in [2.05, 4.69) is 27.7 Å². The van der Waals surface area contributed by atoms with Crippen molar-refractivity contribution in [1.29, 1.82) is 0 Å². The van der Waals surface area contributed by atoms with E-state index in [0.29, 0.717) is 32.8 Å². The summed E-state index contributed by atoms with van der Waals surface area (Å²) >= 11 is 2.17. The molecule has 8 heteroatoms. The van der Waals surface area contributed by atoms with Gasteiger partial charge < -0.3 is 14.5 Å². The highest BCUT2D eigenvalue weighted by Crippen LogP contribution is 2.16. The quantitative estimate of drug-likeness (QED) is 0.665. The highest BCUT2D eigenvalue weighted by atomic mass is 127. The monoisotopic (exact) mass is 418 g/mol. The number of aromatic nitrogens is 2. The summed E-state index contributed by atoms with van der Waals surface area (Å²) in [4.78, 5) is 28.1. The Morgan fingerprint density at radius 3 is 2.59 bits per heavy atom. The number of halogens is 1.